The van der Waals surface area contributed by atoms with E-state index in [-0.39, 0.29) is 12.1 Å². The molecule has 1 aromatic heterocycles. The summed E-state index contributed by atoms with van der Waals surface area (Å²) in [5, 5.41) is 3.05. The van der Waals surface area contributed by atoms with E-state index in [4.69, 9.17) is 4.74 Å². The molecule has 1 saturated heterocycles. The fourth-order valence-corrected chi connectivity index (χ4v) is 3.00. The maximum Gasteiger partial charge on any atom is 0.317 e. The molecule has 1 aromatic rings. The molecule has 0 spiro atoms. The van der Waals surface area contributed by atoms with Gasteiger partial charge in [0.05, 0.1) is 12.7 Å². The number of nitrogens with one attached hydrogen (secondary N) is 1. The van der Waals surface area contributed by atoms with Gasteiger partial charge in [0.2, 0.25) is 0 Å². The Bertz CT molecular complexity index is 487. The summed E-state index contributed by atoms with van der Waals surface area (Å²) in [7, 11) is 2.11. The van der Waals surface area contributed by atoms with Crippen LogP contribution in [0.5, 0.6) is 0 Å². The zero-order valence-electron chi connectivity index (χ0n) is 14.0. The number of amides is 2. The number of nitrogens with zero attached hydrogens (tertiary/aromatic N) is 3. The Morgan fingerprint density at radius 2 is 2.09 bits per heavy atom. The number of hydrogen-bond acceptors (Lipinski definition) is 3. The molecule has 2 heterocycles. The van der Waals surface area contributed by atoms with Crippen molar-refractivity contribution in [2.75, 3.05) is 46.4 Å². The van der Waals surface area contributed by atoms with Crippen LogP contribution in [0.25, 0.3) is 0 Å². The van der Waals surface area contributed by atoms with Gasteiger partial charge in [0, 0.05) is 51.7 Å². The van der Waals surface area contributed by atoms with Gasteiger partial charge in [-0.3, -0.25) is 0 Å². The molecule has 1 aliphatic carbocycles. The number of ether oxygens (including phenoxy) is 1. The molecule has 1 aliphatic heterocycles. The van der Waals surface area contributed by atoms with Crippen LogP contribution in [0.1, 0.15) is 12.8 Å². The molecule has 1 saturated carbocycles. The van der Waals surface area contributed by atoms with E-state index in [0.717, 1.165) is 32.8 Å². The molecule has 2 fully saturated rings. The molecular formula is C17H28N4O2. The topological polar surface area (TPSA) is 49.7 Å². The third-order valence-corrected chi connectivity index (χ3v) is 4.54. The summed E-state index contributed by atoms with van der Waals surface area (Å²) in [6.45, 7) is 5.64. The van der Waals surface area contributed by atoms with Crippen LogP contribution in [0.4, 0.5) is 4.79 Å². The van der Waals surface area contributed by atoms with Crippen LogP contribution in [-0.2, 0) is 11.3 Å². The zero-order chi connectivity index (χ0) is 16.1. The molecule has 128 valence electrons. The number of morpholine rings is 1. The average molecular weight is 320 g/mol. The standard InChI is InChI=1S/C17H28N4O2/c1-19-10-11-23-16(13-19)14-21(12-15-4-5-15)17(22)18-6-9-20-7-2-3-8-20/h2-3,7-8,15-16H,4-6,9-14H2,1H3,(H,18,22)/t16-/m1/s1. The second-order valence-electron chi connectivity index (χ2n) is 6.76. The Hall–Kier alpha value is -1.53. The smallest absolute Gasteiger partial charge is 0.317 e. The predicted molar refractivity (Wildman–Crippen MR) is 89.4 cm³/mol. The molecule has 3 rings (SSSR count). The zero-order valence-corrected chi connectivity index (χ0v) is 14.0. The van der Waals surface area contributed by atoms with Crippen molar-refractivity contribution >= 4 is 6.03 Å². The van der Waals surface area contributed by atoms with Gasteiger partial charge in [-0.15, -0.1) is 0 Å². The van der Waals surface area contributed by atoms with Crippen molar-refractivity contribution in [3.63, 3.8) is 0 Å². The van der Waals surface area contributed by atoms with Crippen LogP contribution in [0, 0.1) is 5.92 Å². The van der Waals surface area contributed by atoms with Crippen LogP contribution < -0.4 is 5.32 Å². The van der Waals surface area contributed by atoms with Crippen LogP contribution in [0.2, 0.25) is 0 Å². The maximum absolute atomic E-state index is 12.5. The Kier molecular flexibility index (Phi) is 5.56. The molecule has 0 aromatic carbocycles. The fourth-order valence-electron chi connectivity index (χ4n) is 3.00. The molecule has 6 heteroatoms. The van der Waals surface area contributed by atoms with Gasteiger partial charge in [-0.25, -0.2) is 4.79 Å². The minimum Gasteiger partial charge on any atom is -0.374 e. The van der Waals surface area contributed by atoms with E-state index >= 15 is 0 Å². The first kappa shape index (κ1) is 16.3. The second-order valence-corrected chi connectivity index (χ2v) is 6.76. The molecule has 2 amide bonds. The average Bonchev–Trinajstić information content (AvgIpc) is 3.19. The summed E-state index contributed by atoms with van der Waals surface area (Å²) in [5.41, 5.74) is 0. The molecule has 0 radical (unpaired) electrons. The van der Waals surface area contributed by atoms with Gasteiger partial charge >= 0.3 is 6.03 Å². The van der Waals surface area contributed by atoms with Crippen molar-refractivity contribution in [1.82, 2.24) is 19.7 Å². The molecule has 2 aliphatic rings. The number of rotatable bonds is 7. The lowest BCUT2D eigenvalue weighted by Gasteiger charge is -2.34. The lowest BCUT2D eigenvalue weighted by molar-refractivity contribution is -0.0308. The summed E-state index contributed by atoms with van der Waals surface area (Å²) in [5.74, 6) is 0.687. The lowest BCUT2D eigenvalue weighted by Crippen LogP contribution is -2.50. The van der Waals surface area contributed by atoms with E-state index in [2.05, 4.69) is 21.8 Å². The molecule has 23 heavy (non-hydrogen) atoms. The third-order valence-electron chi connectivity index (χ3n) is 4.54. The van der Waals surface area contributed by atoms with Gasteiger partial charge in [-0.1, -0.05) is 0 Å². The highest BCUT2D eigenvalue weighted by Crippen LogP contribution is 2.29. The quantitative estimate of drug-likeness (QED) is 0.822. The monoisotopic (exact) mass is 320 g/mol. The van der Waals surface area contributed by atoms with Crippen LogP contribution in [0.3, 0.4) is 0 Å². The molecule has 6 nitrogen and oxygen atoms in total. The molecular weight excluding hydrogens is 292 g/mol. The highest BCUT2D eigenvalue weighted by Gasteiger charge is 2.29. The van der Waals surface area contributed by atoms with Crippen molar-refractivity contribution in [1.29, 1.82) is 0 Å². The van der Waals surface area contributed by atoms with Crippen molar-refractivity contribution in [3.8, 4) is 0 Å². The van der Waals surface area contributed by atoms with Crippen molar-refractivity contribution < 1.29 is 9.53 Å². The van der Waals surface area contributed by atoms with Crippen molar-refractivity contribution in [2.45, 2.75) is 25.5 Å². The summed E-state index contributed by atoms with van der Waals surface area (Å²) in [6, 6.07) is 4.04. The number of urea groups is 1. The highest BCUT2D eigenvalue weighted by molar-refractivity contribution is 5.74. The second kappa shape index (κ2) is 7.84. The fraction of sp³-hybridized carbons (Fsp3) is 0.706. The minimum atomic E-state index is 0.0425. The van der Waals surface area contributed by atoms with E-state index in [1.54, 1.807) is 0 Å². The van der Waals surface area contributed by atoms with Crippen LogP contribution in [-0.4, -0.2) is 72.9 Å². The summed E-state index contributed by atoms with van der Waals surface area (Å²) >= 11 is 0. The largest absolute Gasteiger partial charge is 0.374 e. The van der Waals surface area contributed by atoms with Crippen LogP contribution in [0.15, 0.2) is 24.5 Å². The summed E-state index contributed by atoms with van der Waals surface area (Å²) in [6.07, 6.45) is 6.65. The summed E-state index contributed by atoms with van der Waals surface area (Å²) in [4.78, 5) is 16.8. The van der Waals surface area contributed by atoms with E-state index < -0.39 is 0 Å². The minimum absolute atomic E-state index is 0.0425. The normalized spacial score (nSPS) is 22.0. The van der Waals surface area contributed by atoms with Gasteiger partial charge in [-0.05, 0) is 37.9 Å². The van der Waals surface area contributed by atoms with Crippen molar-refractivity contribution in [3.05, 3.63) is 24.5 Å². The number of hydrogen-bond donors (Lipinski definition) is 1. The van der Waals surface area contributed by atoms with E-state index in [0.29, 0.717) is 19.0 Å². The van der Waals surface area contributed by atoms with Gasteiger partial charge in [0.25, 0.3) is 0 Å². The SMILES string of the molecule is CN1CCO[C@@H](CN(CC2CC2)C(=O)NCCn2cccc2)C1. The number of likely N-dealkylation sites (N-methyl/N-ethyl adjacent to an activating group) is 1. The first-order valence-electron chi connectivity index (χ1n) is 8.64. The maximum atomic E-state index is 12.5. The molecule has 0 unspecified atom stereocenters. The first-order valence-corrected chi connectivity index (χ1v) is 8.64. The highest BCUT2D eigenvalue weighted by atomic mass is 16.5. The Labute approximate surface area is 138 Å². The number of aromatic nitrogens is 1. The first-order chi connectivity index (χ1) is 11.2. The number of carbonyl (C=O) groups is 1. The number of carbonyl (C=O) groups excluding carboxylic acids is 1. The van der Waals surface area contributed by atoms with Gasteiger partial charge in [-0.2, -0.15) is 0 Å². The van der Waals surface area contributed by atoms with Crippen molar-refractivity contribution in [2.24, 2.45) is 5.92 Å². The lowest BCUT2D eigenvalue weighted by atomic mass is 10.2. The Balaban J connectivity index is 1.47. The van der Waals surface area contributed by atoms with Gasteiger partial charge in [0.1, 0.15) is 0 Å². The molecule has 1 atom stereocenters. The van der Waals surface area contributed by atoms with E-state index in [1.165, 1.54) is 12.8 Å². The predicted octanol–water partition coefficient (Wildman–Crippen LogP) is 1.24. The van der Waals surface area contributed by atoms with Crippen LogP contribution >= 0.6 is 0 Å². The summed E-state index contributed by atoms with van der Waals surface area (Å²) < 4.78 is 7.90. The molecule has 1 N–H and O–H groups in total. The van der Waals surface area contributed by atoms with Gasteiger partial charge < -0.3 is 24.4 Å². The Morgan fingerprint density at radius 3 is 2.78 bits per heavy atom. The Morgan fingerprint density at radius 1 is 1.30 bits per heavy atom. The van der Waals surface area contributed by atoms with E-state index in [1.807, 2.05) is 29.4 Å². The van der Waals surface area contributed by atoms with Gasteiger partial charge in [0.15, 0.2) is 0 Å². The van der Waals surface area contributed by atoms with E-state index in [9.17, 15) is 4.79 Å². The third kappa shape index (κ3) is 5.25. The molecule has 0 bridgehead atoms.